The van der Waals surface area contributed by atoms with Crippen LogP contribution >= 0.6 is 0 Å². The topological polar surface area (TPSA) is 111 Å². The monoisotopic (exact) mass is 355 g/mol. The molecule has 0 unspecified atom stereocenters. The first kappa shape index (κ1) is 17.3. The van der Waals surface area contributed by atoms with E-state index in [1.54, 1.807) is 30.2 Å². The fourth-order valence-corrected chi connectivity index (χ4v) is 2.38. The summed E-state index contributed by atoms with van der Waals surface area (Å²) >= 11 is 0. The molecule has 9 heteroatoms. The molecule has 1 amide bonds. The summed E-state index contributed by atoms with van der Waals surface area (Å²) in [6.07, 6.45) is 4.72. The number of carbonyl (C=O) groups excluding carboxylic acids is 1. The van der Waals surface area contributed by atoms with Gasteiger partial charge in [-0.15, -0.1) is 0 Å². The molecule has 4 N–H and O–H groups in total. The molecular formula is C17H18FN7O. The molecule has 0 bridgehead atoms. The predicted molar refractivity (Wildman–Crippen MR) is 95.5 cm³/mol. The van der Waals surface area contributed by atoms with Crippen molar-refractivity contribution < 1.29 is 9.18 Å². The van der Waals surface area contributed by atoms with Gasteiger partial charge in [0, 0.05) is 26.0 Å². The van der Waals surface area contributed by atoms with E-state index in [0.29, 0.717) is 5.69 Å². The molecule has 0 aliphatic carbocycles. The molecule has 134 valence electrons. The first-order valence-electron chi connectivity index (χ1n) is 7.84. The van der Waals surface area contributed by atoms with Gasteiger partial charge < -0.3 is 16.4 Å². The van der Waals surface area contributed by atoms with Gasteiger partial charge in [-0.3, -0.25) is 9.48 Å². The lowest BCUT2D eigenvalue weighted by atomic mass is 10.1. The third-order valence-electron chi connectivity index (χ3n) is 3.77. The number of aromatic nitrogens is 4. The van der Waals surface area contributed by atoms with Gasteiger partial charge in [-0.2, -0.15) is 10.1 Å². The van der Waals surface area contributed by atoms with Gasteiger partial charge >= 0.3 is 0 Å². The summed E-state index contributed by atoms with van der Waals surface area (Å²) in [5.74, 6) is -0.440. The molecule has 3 aromatic rings. The van der Waals surface area contributed by atoms with E-state index < -0.39 is 5.91 Å². The molecule has 26 heavy (non-hydrogen) atoms. The lowest BCUT2D eigenvalue weighted by Gasteiger charge is -2.12. The van der Waals surface area contributed by atoms with Crippen LogP contribution in [0, 0.1) is 12.7 Å². The van der Waals surface area contributed by atoms with Gasteiger partial charge in [0.05, 0.1) is 17.4 Å². The summed E-state index contributed by atoms with van der Waals surface area (Å²) in [6, 6.07) is 4.52. The Labute approximate surface area is 149 Å². The normalized spacial score (nSPS) is 10.6. The standard InChI is InChI=1S/C17H18FN7O/c1-10-3-4-12(18)5-11(10)6-20-16-14(15(19)26)8-21-17(24-16)23-13-7-22-25(2)9-13/h3-5,7-9H,6H2,1-2H3,(H2,19,26)(H2,20,21,23,24). The lowest BCUT2D eigenvalue weighted by molar-refractivity contribution is 0.100. The van der Waals surface area contributed by atoms with Gasteiger partial charge in [0.1, 0.15) is 11.6 Å². The zero-order valence-electron chi connectivity index (χ0n) is 14.3. The Kier molecular flexibility index (Phi) is 4.78. The number of rotatable bonds is 6. The molecule has 1 aromatic carbocycles. The van der Waals surface area contributed by atoms with Gasteiger partial charge in [-0.25, -0.2) is 9.37 Å². The van der Waals surface area contributed by atoms with Crippen molar-refractivity contribution in [1.82, 2.24) is 19.7 Å². The van der Waals surface area contributed by atoms with Crippen LogP contribution in [0.1, 0.15) is 21.5 Å². The molecule has 0 saturated carbocycles. The number of carbonyl (C=O) groups is 1. The molecule has 8 nitrogen and oxygen atoms in total. The quantitative estimate of drug-likeness (QED) is 0.624. The molecular weight excluding hydrogens is 337 g/mol. The molecule has 0 radical (unpaired) electrons. The van der Waals surface area contributed by atoms with Crippen molar-refractivity contribution in [2.75, 3.05) is 10.6 Å². The smallest absolute Gasteiger partial charge is 0.254 e. The van der Waals surface area contributed by atoms with Crippen molar-refractivity contribution in [2.24, 2.45) is 12.8 Å². The van der Waals surface area contributed by atoms with E-state index in [-0.39, 0.29) is 29.7 Å². The van der Waals surface area contributed by atoms with Crippen molar-refractivity contribution in [2.45, 2.75) is 13.5 Å². The van der Waals surface area contributed by atoms with E-state index in [1.165, 1.54) is 18.3 Å². The van der Waals surface area contributed by atoms with Crippen molar-refractivity contribution in [1.29, 1.82) is 0 Å². The van der Waals surface area contributed by atoms with Crippen molar-refractivity contribution in [3.05, 3.63) is 59.3 Å². The summed E-state index contributed by atoms with van der Waals surface area (Å²) in [6.45, 7) is 2.16. The third-order valence-corrected chi connectivity index (χ3v) is 3.77. The first-order chi connectivity index (χ1) is 12.4. The Balaban J connectivity index is 1.84. The Morgan fingerprint density at radius 3 is 2.85 bits per heavy atom. The zero-order valence-corrected chi connectivity index (χ0v) is 14.3. The third kappa shape index (κ3) is 3.94. The summed E-state index contributed by atoms with van der Waals surface area (Å²) in [7, 11) is 1.79. The molecule has 3 rings (SSSR count). The fraction of sp³-hybridized carbons (Fsp3) is 0.176. The molecule has 0 saturated heterocycles. The Morgan fingerprint density at radius 2 is 2.15 bits per heavy atom. The fourth-order valence-electron chi connectivity index (χ4n) is 2.38. The molecule has 0 aliphatic heterocycles. The van der Waals surface area contributed by atoms with Gasteiger partial charge in [0.15, 0.2) is 0 Å². The summed E-state index contributed by atoms with van der Waals surface area (Å²) < 4.78 is 15.1. The highest BCUT2D eigenvalue weighted by molar-refractivity contribution is 5.97. The summed E-state index contributed by atoms with van der Waals surface area (Å²) in [5, 5.41) is 10.1. The highest BCUT2D eigenvalue weighted by Crippen LogP contribution is 2.19. The van der Waals surface area contributed by atoms with Crippen LogP contribution in [0.3, 0.4) is 0 Å². The van der Waals surface area contributed by atoms with Crippen LogP contribution in [0.5, 0.6) is 0 Å². The number of nitrogens with one attached hydrogen (secondary N) is 2. The van der Waals surface area contributed by atoms with Crippen LogP contribution in [0.25, 0.3) is 0 Å². The summed E-state index contributed by atoms with van der Waals surface area (Å²) in [5.41, 5.74) is 7.91. The Hall–Kier alpha value is -3.49. The minimum Gasteiger partial charge on any atom is -0.365 e. The van der Waals surface area contributed by atoms with Crippen LogP contribution < -0.4 is 16.4 Å². The number of hydrogen-bond acceptors (Lipinski definition) is 6. The largest absolute Gasteiger partial charge is 0.365 e. The maximum Gasteiger partial charge on any atom is 0.254 e. The second-order valence-electron chi connectivity index (χ2n) is 5.77. The molecule has 0 atom stereocenters. The minimum atomic E-state index is -0.656. The molecule has 2 aromatic heterocycles. The number of aryl methyl sites for hydroxylation is 2. The summed E-state index contributed by atoms with van der Waals surface area (Å²) in [4.78, 5) is 20.0. The van der Waals surface area contributed by atoms with Gasteiger partial charge in [0.25, 0.3) is 5.91 Å². The van der Waals surface area contributed by atoms with E-state index in [4.69, 9.17) is 5.73 Å². The maximum atomic E-state index is 13.4. The Bertz CT molecular complexity index is 954. The van der Waals surface area contributed by atoms with Gasteiger partial charge in [-0.05, 0) is 30.2 Å². The highest BCUT2D eigenvalue weighted by Gasteiger charge is 2.13. The number of hydrogen-bond donors (Lipinski definition) is 3. The maximum absolute atomic E-state index is 13.4. The van der Waals surface area contributed by atoms with Gasteiger partial charge in [0.2, 0.25) is 5.95 Å². The second kappa shape index (κ2) is 7.18. The second-order valence-corrected chi connectivity index (χ2v) is 5.77. The molecule has 0 spiro atoms. The molecule has 0 aliphatic rings. The minimum absolute atomic E-state index is 0.149. The molecule has 0 fully saturated rings. The Morgan fingerprint density at radius 1 is 1.35 bits per heavy atom. The van der Waals surface area contributed by atoms with E-state index >= 15 is 0 Å². The van der Waals surface area contributed by atoms with Crippen LogP contribution in [-0.2, 0) is 13.6 Å². The van der Waals surface area contributed by atoms with Crippen molar-refractivity contribution >= 4 is 23.4 Å². The number of anilines is 3. The van der Waals surface area contributed by atoms with Crippen LogP contribution in [0.4, 0.5) is 21.8 Å². The predicted octanol–water partition coefficient (Wildman–Crippen LogP) is 2.11. The van der Waals surface area contributed by atoms with E-state index in [9.17, 15) is 9.18 Å². The number of nitrogens with two attached hydrogens (primary N) is 1. The zero-order chi connectivity index (χ0) is 18.7. The number of halogens is 1. The first-order valence-corrected chi connectivity index (χ1v) is 7.84. The van der Waals surface area contributed by atoms with E-state index in [2.05, 4.69) is 25.7 Å². The highest BCUT2D eigenvalue weighted by atomic mass is 19.1. The van der Waals surface area contributed by atoms with Crippen LogP contribution in [0.15, 0.2) is 36.8 Å². The SMILES string of the molecule is Cc1ccc(F)cc1CNc1nc(Nc2cnn(C)c2)ncc1C(N)=O. The number of primary amides is 1. The van der Waals surface area contributed by atoms with E-state index in [1.807, 2.05) is 6.92 Å². The van der Waals surface area contributed by atoms with Crippen LogP contribution in [-0.4, -0.2) is 25.7 Å². The number of benzene rings is 1. The lowest BCUT2D eigenvalue weighted by Crippen LogP contribution is -2.17. The van der Waals surface area contributed by atoms with Crippen LogP contribution in [0.2, 0.25) is 0 Å². The van der Waals surface area contributed by atoms with Crippen molar-refractivity contribution in [3.63, 3.8) is 0 Å². The number of amides is 1. The molecule has 2 heterocycles. The van der Waals surface area contributed by atoms with E-state index in [0.717, 1.165) is 11.1 Å². The van der Waals surface area contributed by atoms with Crippen molar-refractivity contribution in [3.8, 4) is 0 Å². The van der Waals surface area contributed by atoms with Gasteiger partial charge in [-0.1, -0.05) is 6.07 Å². The average molecular weight is 355 g/mol. The number of nitrogens with zero attached hydrogens (tertiary/aromatic N) is 4. The average Bonchev–Trinajstić information content (AvgIpc) is 3.00.